The van der Waals surface area contributed by atoms with Gasteiger partial charge in [-0.15, -0.1) is 0 Å². The van der Waals surface area contributed by atoms with E-state index in [1.165, 1.54) is 0 Å². The van der Waals surface area contributed by atoms with E-state index in [1.54, 1.807) is 0 Å². The molecule has 4 nitrogen and oxygen atoms in total. The van der Waals surface area contributed by atoms with Gasteiger partial charge in [0.1, 0.15) is 11.5 Å². The van der Waals surface area contributed by atoms with Crippen molar-refractivity contribution in [3.8, 4) is 11.5 Å². The van der Waals surface area contributed by atoms with Crippen molar-refractivity contribution in [2.45, 2.75) is 13.8 Å². The van der Waals surface area contributed by atoms with Gasteiger partial charge in [0.15, 0.2) is 0 Å². The van der Waals surface area contributed by atoms with Crippen LogP contribution in [0.2, 0.25) is 0 Å². The predicted octanol–water partition coefficient (Wildman–Crippen LogP) is 5.74. The summed E-state index contributed by atoms with van der Waals surface area (Å²) in [7, 11) is 0. The summed E-state index contributed by atoms with van der Waals surface area (Å²) in [5.41, 5.74) is 3.51. The van der Waals surface area contributed by atoms with Gasteiger partial charge in [-0.25, -0.2) is 4.79 Å². The van der Waals surface area contributed by atoms with E-state index in [2.05, 4.69) is 10.6 Å². The Bertz CT molecular complexity index is 876. The van der Waals surface area contributed by atoms with Crippen LogP contribution in [0.15, 0.2) is 72.8 Å². The first-order valence-electron chi connectivity index (χ1n) is 8.08. The van der Waals surface area contributed by atoms with Gasteiger partial charge in [-0.1, -0.05) is 30.3 Å². The average Bonchev–Trinajstić information content (AvgIpc) is 2.58. The monoisotopic (exact) mass is 332 g/mol. The highest BCUT2D eigenvalue weighted by Gasteiger charge is 2.06. The van der Waals surface area contributed by atoms with Crippen LogP contribution in [-0.4, -0.2) is 6.03 Å². The normalized spacial score (nSPS) is 10.2. The number of aryl methyl sites for hydroxylation is 2. The third-order valence-corrected chi connectivity index (χ3v) is 3.68. The zero-order chi connectivity index (χ0) is 17.6. The molecule has 0 fully saturated rings. The van der Waals surface area contributed by atoms with E-state index in [-0.39, 0.29) is 6.03 Å². The van der Waals surface area contributed by atoms with Crippen LogP contribution >= 0.6 is 0 Å². The van der Waals surface area contributed by atoms with Gasteiger partial charge >= 0.3 is 6.03 Å². The number of carbonyl (C=O) groups is 1. The molecule has 0 bridgehead atoms. The topological polar surface area (TPSA) is 50.4 Å². The molecule has 4 heteroatoms. The van der Waals surface area contributed by atoms with Crippen LogP contribution in [0.4, 0.5) is 16.2 Å². The summed E-state index contributed by atoms with van der Waals surface area (Å²) >= 11 is 0. The van der Waals surface area contributed by atoms with E-state index < -0.39 is 0 Å². The number of anilines is 2. The lowest BCUT2D eigenvalue weighted by Gasteiger charge is -2.12. The Morgan fingerprint density at radius 1 is 0.800 bits per heavy atom. The summed E-state index contributed by atoms with van der Waals surface area (Å²) in [4.78, 5) is 12.1. The van der Waals surface area contributed by atoms with Crippen LogP contribution in [0.5, 0.6) is 11.5 Å². The van der Waals surface area contributed by atoms with Gasteiger partial charge in [-0.3, -0.25) is 0 Å². The van der Waals surface area contributed by atoms with Gasteiger partial charge in [0.05, 0.1) is 0 Å². The van der Waals surface area contributed by atoms with Crippen LogP contribution in [0, 0.1) is 13.8 Å². The first kappa shape index (κ1) is 16.6. The molecule has 0 atom stereocenters. The molecule has 126 valence electrons. The smallest absolute Gasteiger partial charge is 0.323 e. The van der Waals surface area contributed by atoms with Gasteiger partial charge in [-0.2, -0.15) is 0 Å². The Balaban J connectivity index is 1.65. The van der Waals surface area contributed by atoms with E-state index in [1.807, 2.05) is 86.6 Å². The second-order valence-electron chi connectivity index (χ2n) is 5.84. The van der Waals surface area contributed by atoms with Crippen LogP contribution in [0.25, 0.3) is 0 Å². The summed E-state index contributed by atoms with van der Waals surface area (Å²) in [6.07, 6.45) is 0. The van der Waals surface area contributed by atoms with Gasteiger partial charge in [0.25, 0.3) is 0 Å². The number of rotatable bonds is 4. The number of hydrogen-bond donors (Lipinski definition) is 2. The molecular weight excluding hydrogens is 312 g/mol. The molecule has 3 rings (SSSR count). The fourth-order valence-corrected chi connectivity index (χ4v) is 2.47. The lowest BCUT2D eigenvalue weighted by atomic mass is 10.2. The molecule has 2 N–H and O–H groups in total. The Hall–Kier alpha value is -3.27. The Morgan fingerprint density at radius 3 is 2.20 bits per heavy atom. The molecule has 0 aromatic heterocycles. The predicted molar refractivity (Wildman–Crippen MR) is 102 cm³/mol. The number of urea groups is 1. The summed E-state index contributed by atoms with van der Waals surface area (Å²) in [6.45, 7) is 3.93. The third-order valence-electron chi connectivity index (χ3n) is 3.68. The minimum Gasteiger partial charge on any atom is -0.457 e. The van der Waals surface area contributed by atoms with Crippen molar-refractivity contribution in [1.29, 1.82) is 0 Å². The van der Waals surface area contributed by atoms with Crippen molar-refractivity contribution in [3.63, 3.8) is 0 Å². The highest BCUT2D eigenvalue weighted by molar-refractivity contribution is 5.99. The Morgan fingerprint density at radius 2 is 1.52 bits per heavy atom. The van der Waals surface area contributed by atoms with Crippen LogP contribution in [0.3, 0.4) is 0 Å². The van der Waals surface area contributed by atoms with Gasteiger partial charge in [0, 0.05) is 11.4 Å². The lowest BCUT2D eigenvalue weighted by molar-refractivity contribution is 0.262. The molecule has 0 saturated carbocycles. The second-order valence-corrected chi connectivity index (χ2v) is 5.84. The fourth-order valence-electron chi connectivity index (χ4n) is 2.47. The third kappa shape index (κ3) is 4.61. The molecule has 2 amide bonds. The number of benzene rings is 3. The van der Waals surface area contributed by atoms with Crippen molar-refractivity contribution < 1.29 is 9.53 Å². The maximum absolute atomic E-state index is 12.1. The second kappa shape index (κ2) is 7.53. The molecule has 0 saturated heterocycles. The number of carbonyl (C=O) groups excluding carboxylic acids is 1. The van der Waals surface area contributed by atoms with E-state index in [4.69, 9.17) is 4.74 Å². The molecule has 0 aliphatic carbocycles. The summed E-state index contributed by atoms with van der Waals surface area (Å²) in [6, 6.07) is 22.5. The lowest BCUT2D eigenvalue weighted by Crippen LogP contribution is -2.19. The SMILES string of the molecule is Cc1cccc(NC(=O)Nc2ccc(Oc3ccccc3)c(C)c2)c1. The Kier molecular flexibility index (Phi) is 5.00. The van der Waals surface area contributed by atoms with E-state index in [0.29, 0.717) is 5.69 Å². The molecule has 0 heterocycles. The molecule has 3 aromatic rings. The summed E-state index contributed by atoms with van der Waals surface area (Å²) in [5.74, 6) is 1.54. The van der Waals surface area contributed by atoms with E-state index >= 15 is 0 Å². The first-order valence-corrected chi connectivity index (χ1v) is 8.08. The summed E-state index contributed by atoms with van der Waals surface area (Å²) in [5, 5.41) is 5.66. The number of nitrogens with one attached hydrogen (secondary N) is 2. The average molecular weight is 332 g/mol. The van der Waals surface area contributed by atoms with Gasteiger partial charge in [-0.05, 0) is 67.4 Å². The van der Waals surface area contributed by atoms with Crippen molar-refractivity contribution >= 4 is 17.4 Å². The van der Waals surface area contributed by atoms with Crippen molar-refractivity contribution in [2.75, 3.05) is 10.6 Å². The van der Waals surface area contributed by atoms with E-state index in [0.717, 1.165) is 28.3 Å². The summed E-state index contributed by atoms with van der Waals surface area (Å²) < 4.78 is 5.85. The molecule has 0 radical (unpaired) electrons. The maximum atomic E-state index is 12.1. The van der Waals surface area contributed by atoms with Crippen molar-refractivity contribution in [2.24, 2.45) is 0 Å². The van der Waals surface area contributed by atoms with Crippen molar-refractivity contribution in [3.05, 3.63) is 83.9 Å². The zero-order valence-electron chi connectivity index (χ0n) is 14.2. The molecule has 0 unspecified atom stereocenters. The quantitative estimate of drug-likeness (QED) is 0.640. The molecular formula is C21H20N2O2. The van der Waals surface area contributed by atoms with Crippen LogP contribution in [0.1, 0.15) is 11.1 Å². The number of para-hydroxylation sites is 1. The molecule has 3 aromatic carbocycles. The first-order chi connectivity index (χ1) is 12.1. The maximum Gasteiger partial charge on any atom is 0.323 e. The van der Waals surface area contributed by atoms with E-state index in [9.17, 15) is 4.79 Å². The Labute approximate surface area is 147 Å². The largest absolute Gasteiger partial charge is 0.457 e. The highest BCUT2D eigenvalue weighted by atomic mass is 16.5. The number of hydrogen-bond acceptors (Lipinski definition) is 2. The molecule has 0 aliphatic heterocycles. The number of ether oxygens (including phenoxy) is 1. The highest BCUT2D eigenvalue weighted by Crippen LogP contribution is 2.27. The fraction of sp³-hybridized carbons (Fsp3) is 0.0952. The minimum atomic E-state index is -0.276. The van der Waals surface area contributed by atoms with Crippen LogP contribution in [-0.2, 0) is 0 Å². The van der Waals surface area contributed by atoms with Crippen molar-refractivity contribution in [1.82, 2.24) is 0 Å². The number of amides is 2. The molecule has 0 aliphatic rings. The van der Waals surface area contributed by atoms with Crippen LogP contribution < -0.4 is 15.4 Å². The standard InChI is InChI=1S/C21H20N2O2/c1-15-7-6-8-17(13-15)22-21(24)23-18-11-12-20(16(2)14-18)25-19-9-4-3-5-10-19/h3-14H,1-2H3,(H2,22,23,24). The van der Waals surface area contributed by atoms with Gasteiger partial charge < -0.3 is 15.4 Å². The minimum absolute atomic E-state index is 0.276. The zero-order valence-corrected chi connectivity index (χ0v) is 14.2. The van der Waals surface area contributed by atoms with Gasteiger partial charge in [0.2, 0.25) is 0 Å². The molecule has 0 spiro atoms. The molecule has 25 heavy (non-hydrogen) atoms.